The van der Waals surface area contributed by atoms with Crippen molar-refractivity contribution in [3.63, 3.8) is 0 Å². The molecule has 1 aliphatic heterocycles. The molecule has 8 heteroatoms. The first kappa shape index (κ1) is 21.1. The van der Waals surface area contributed by atoms with E-state index in [0.29, 0.717) is 30.1 Å². The summed E-state index contributed by atoms with van der Waals surface area (Å²) in [7, 11) is 1.65. The van der Waals surface area contributed by atoms with E-state index in [9.17, 15) is 9.59 Å². The number of anilines is 1. The molecule has 2 amide bonds. The van der Waals surface area contributed by atoms with Gasteiger partial charge in [0.25, 0.3) is 0 Å². The zero-order chi connectivity index (χ0) is 17.0. The van der Waals surface area contributed by atoms with Crippen molar-refractivity contribution >= 4 is 53.3 Å². The van der Waals surface area contributed by atoms with Gasteiger partial charge in [0.1, 0.15) is 6.04 Å². The van der Waals surface area contributed by atoms with Gasteiger partial charge in [-0.25, -0.2) is 0 Å². The smallest absolute Gasteiger partial charge is 0.249 e. The highest BCUT2D eigenvalue weighted by Gasteiger charge is 2.38. The lowest BCUT2D eigenvalue weighted by Gasteiger charge is -2.26. The van der Waals surface area contributed by atoms with Crippen LogP contribution in [0.25, 0.3) is 0 Å². The number of likely N-dealkylation sites (N-methyl/N-ethyl adjacent to an activating group) is 1. The van der Waals surface area contributed by atoms with E-state index in [1.54, 1.807) is 29.8 Å². The predicted octanol–water partition coefficient (Wildman–Crippen LogP) is 2.41. The van der Waals surface area contributed by atoms with Gasteiger partial charge in [0, 0.05) is 13.6 Å². The Kier molecular flexibility index (Phi) is 8.36. The van der Waals surface area contributed by atoms with E-state index in [0.717, 1.165) is 5.75 Å². The topological polar surface area (TPSA) is 66.6 Å². The van der Waals surface area contributed by atoms with Gasteiger partial charge in [0.15, 0.2) is 0 Å². The molecule has 0 radical (unpaired) electrons. The van der Waals surface area contributed by atoms with Crippen LogP contribution in [0.1, 0.15) is 12.8 Å². The van der Waals surface area contributed by atoms with Crippen molar-refractivity contribution in [2.75, 3.05) is 30.5 Å². The summed E-state index contributed by atoms with van der Waals surface area (Å²) in [5, 5.41) is 0.534. The molecule has 134 valence electrons. The third kappa shape index (κ3) is 4.57. The second-order valence-corrected chi connectivity index (χ2v) is 6.98. The maximum absolute atomic E-state index is 12.7. The van der Waals surface area contributed by atoms with Crippen LogP contribution in [0.5, 0.6) is 0 Å². The Morgan fingerprint density at radius 1 is 1.50 bits per heavy atom. The number of benzene rings is 1. The lowest BCUT2D eigenvalue weighted by atomic mass is 10.1. The Labute approximate surface area is 158 Å². The number of hydrogen-bond acceptors (Lipinski definition) is 4. The third-order valence-electron chi connectivity index (χ3n) is 4.09. The average Bonchev–Trinajstić information content (AvgIpc) is 2.93. The summed E-state index contributed by atoms with van der Waals surface area (Å²) in [6.07, 6.45) is 3.17. The minimum atomic E-state index is -0.561. The van der Waals surface area contributed by atoms with Gasteiger partial charge in [0.05, 0.1) is 16.8 Å². The van der Waals surface area contributed by atoms with Gasteiger partial charge in [-0.2, -0.15) is 11.8 Å². The molecule has 5 nitrogen and oxygen atoms in total. The number of nitrogens with zero attached hydrogens (tertiary/aromatic N) is 2. The Balaban J connectivity index is 0.00000288. The van der Waals surface area contributed by atoms with Gasteiger partial charge >= 0.3 is 0 Å². The molecule has 1 aromatic rings. The molecule has 0 saturated carbocycles. The number of hydrogen-bond donors (Lipinski definition) is 1. The van der Waals surface area contributed by atoms with Crippen LogP contribution in [0.2, 0.25) is 5.02 Å². The van der Waals surface area contributed by atoms with Crippen LogP contribution in [0.3, 0.4) is 0 Å². The largest absolute Gasteiger partial charge is 0.332 e. The highest BCUT2D eigenvalue weighted by molar-refractivity contribution is 7.98. The summed E-state index contributed by atoms with van der Waals surface area (Å²) < 4.78 is 0. The normalized spacial score (nSPS) is 18.2. The first-order chi connectivity index (χ1) is 11.0. The molecule has 1 aliphatic rings. The molecule has 1 aromatic carbocycles. The van der Waals surface area contributed by atoms with Gasteiger partial charge in [-0.15, -0.1) is 12.4 Å². The van der Waals surface area contributed by atoms with E-state index < -0.39 is 12.1 Å². The van der Waals surface area contributed by atoms with Crippen LogP contribution in [0.4, 0.5) is 5.69 Å². The lowest BCUT2D eigenvalue weighted by molar-refractivity contribution is -0.137. The molecule has 0 spiro atoms. The van der Waals surface area contributed by atoms with Gasteiger partial charge in [-0.05, 0) is 37.0 Å². The van der Waals surface area contributed by atoms with Gasteiger partial charge in [0.2, 0.25) is 11.8 Å². The molecular weight excluding hydrogens is 369 g/mol. The van der Waals surface area contributed by atoms with Crippen LogP contribution >= 0.6 is 35.8 Å². The van der Waals surface area contributed by atoms with E-state index in [4.69, 9.17) is 17.3 Å². The first-order valence-corrected chi connectivity index (χ1v) is 9.31. The molecule has 1 unspecified atom stereocenters. The highest BCUT2D eigenvalue weighted by atomic mass is 35.5. The van der Waals surface area contributed by atoms with Crippen molar-refractivity contribution in [2.45, 2.75) is 24.9 Å². The maximum Gasteiger partial charge on any atom is 0.249 e. The minimum absolute atomic E-state index is 0. The second kappa shape index (κ2) is 9.51. The molecule has 1 heterocycles. The van der Waals surface area contributed by atoms with Crippen LogP contribution in [-0.2, 0) is 9.59 Å². The second-order valence-electron chi connectivity index (χ2n) is 5.58. The number of carbonyl (C=O) groups excluding carboxylic acids is 2. The molecule has 24 heavy (non-hydrogen) atoms. The number of carbonyl (C=O) groups is 2. The Morgan fingerprint density at radius 2 is 2.17 bits per heavy atom. The van der Waals surface area contributed by atoms with Crippen LogP contribution < -0.4 is 10.6 Å². The Bertz CT molecular complexity index is 588. The summed E-state index contributed by atoms with van der Waals surface area (Å²) in [4.78, 5) is 28.2. The molecule has 1 saturated heterocycles. The lowest BCUT2D eigenvalue weighted by Crippen LogP contribution is -2.49. The number of rotatable bonds is 6. The number of amides is 2. The minimum Gasteiger partial charge on any atom is -0.332 e. The zero-order valence-electron chi connectivity index (χ0n) is 13.8. The summed E-state index contributed by atoms with van der Waals surface area (Å²) >= 11 is 7.82. The molecular formula is C16H23Cl2N3O2S. The summed E-state index contributed by atoms with van der Waals surface area (Å²) in [6, 6.07) is 6.20. The number of thioether (sulfide) groups is 1. The summed E-state index contributed by atoms with van der Waals surface area (Å²) in [5.74, 6) is 0.537. The maximum atomic E-state index is 12.7. The molecule has 2 rings (SSSR count). The van der Waals surface area contributed by atoms with Crippen molar-refractivity contribution in [2.24, 2.45) is 5.73 Å². The van der Waals surface area contributed by atoms with Gasteiger partial charge < -0.3 is 15.5 Å². The van der Waals surface area contributed by atoms with E-state index in [1.807, 2.05) is 24.5 Å². The van der Waals surface area contributed by atoms with Crippen molar-refractivity contribution < 1.29 is 9.59 Å². The Morgan fingerprint density at radius 3 is 2.79 bits per heavy atom. The molecule has 1 fully saturated rings. The van der Waals surface area contributed by atoms with Crippen molar-refractivity contribution in [3.8, 4) is 0 Å². The zero-order valence-corrected chi connectivity index (χ0v) is 16.2. The third-order valence-corrected chi connectivity index (χ3v) is 5.05. The predicted molar refractivity (Wildman–Crippen MR) is 103 cm³/mol. The number of para-hydroxylation sites is 1. The van der Waals surface area contributed by atoms with E-state index >= 15 is 0 Å². The van der Waals surface area contributed by atoms with Crippen LogP contribution in [-0.4, -0.2) is 54.4 Å². The summed E-state index contributed by atoms with van der Waals surface area (Å²) in [6.45, 7) is 0.547. The summed E-state index contributed by atoms with van der Waals surface area (Å²) in [5.41, 5.74) is 6.63. The number of nitrogens with two attached hydrogens (primary N) is 1. The fraction of sp³-hybridized carbons (Fsp3) is 0.500. The van der Waals surface area contributed by atoms with Gasteiger partial charge in [-0.1, -0.05) is 23.7 Å². The van der Waals surface area contributed by atoms with E-state index in [-0.39, 0.29) is 24.2 Å². The average molecular weight is 392 g/mol. The standard InChI is InChI=1S/C16H22ClN3O2S.ClH/c1-19(15(21)12(18)8-10-23-2)14-7-9-20(16(14)22)13-6-4-3-5-11(13)17;/h3-6,12,14H,7-10,18H2,1-2H3;1H/t12-,14?;/m0./s1. The van der Waals surface area contributed by atoms with E-state index in [2.05, 4.69) is 0 Å². The molecule has 0 aromatic heterocycles. The molecule has 2 N–H and O–H groups in total. The van der Waals surface area contributed by atoms with Crippen LogP contribution in [0.15, 0.2) is 24.3 Å². The van der Waals surface area contributed by atoms with Crippen molar-refractivity contribution in [1.29, 1.82) is 0 Å². The monoisotopic (exact) mass is 391 g/mol. The van der Waals surface area contributed by atoms with Crippen molar-refractivity contribution in [3.05, 3.63) is 29.3 Å². The fourth-order valence-electron chi connectivity index (χ4n) is 2.72. The molecule has 2 atom stereocenters. The SMILES string of the molecule is CSCC[C@H](N)C(=O)N(C)C1CCN(c2ccccc2Cl)C1=O.Cl. The first-order valence-electron chi connectivity index (χ1n) is 7.54. The number of halogens is 2. The van der Waals surface area contributed by atoms with E-state index in [1.165, 1.54) is 4.90 Å². The fourth-order valence-corrected chi connectivity index (χ4v) is 3.44. The van der Waals surface area contributed by atoms with Crippen molar-refractivity contribution in [1.82, 2.24) is 4.90 Å². The quantitative estimate of drug-likeness (QED) is 0.808. The van der Waals surface area contributed by atoms with Crippen LogP contribution in [0, 0.1) is 0 Å². The molecule has 0 aliphatic carbocycles. The highest BCUT2D eigenvalue weighted by Crippen LogP contribution is 2.30. The Hall–Kier alpha value is -0.950. The molecule has 0 bridgehead atoms. The van der Waals surface area contributed by atoms with Gasteiger partial charge in [-0.3, -0.25) is 9.59 Å².